The first-order valence-corrected chi connectivity index (χ1v) is 10.9. The molecule has 0 saturated carbocycles. The molecule has 7 nitrogen and oxygen atoms in total. The summed E-state index contributed by atoms with van der Waals surface area (Å²) < 4.78 is 5.78. The highest BCUT2D eigenvalue weighted by Crippen LogP contribution is 2.31. The molecule has 170 valence electrons. The molecular weight excluding hydrogens is 442 g/mol. The van der Waals surface area contributed by atoms with E-state index in [9.17, 15) is 14.9 Å². The van der Waals surface area contributed by atoms with Crippen LogP contribution in [-0.2, 0) is 0 Å². The number of hydrogen-bond donors (Lipinski definition) is 1. The standard InChI is InChI=1S/C28H19N3O4/c32-28(25-18-27(19-9-3-1-4-10-19)30-26-14-8-7-13-24(25)26)29-20-15-21(31(33)34)17-23(16-20)35-22-11-5-2-6-12-22/h1-18H,(H,29,32). The number of non-ortho nitro benzene ring substituents is 1. The number of nitrogens with zero attached hydrogens (tertiary/aromatic N) is 2. The number of para-hydroxylation sites is 2. The van der Waals surface area contributed by atoms with Crippen molar-refractivity contribution in [2.75, 3.05) is 5.32 Å². The first kappa shape index (κ1) is 21.8. The molecule has 35 heavy (non-hydrogen) atoms. The van der Waals surface area contributed by atoms with Gasteiger partial charge >= 0.3 is 0 Å². The van der Waals surface area contributed by atoms with E-state index in [0.29, 0.717) is 27.9 Å². The molecule has 0 radical (unpaired) electrons. The summed E-state index contributed by atoms with van der Waals surface area (Å²) in [4.78, 5) is 29.1. The monoisotopic (exact) mass is 461 g/mol. The van der Waals surface area contributed by atoms with E-state index >= 15 is 0 Å². The minimum atomic E-state index is -0.525. The van der Waals surface area contributed by atoms with Crippen LogP contribution in [-0.4, -0.2) is 15.8 Å². The molecule has 1 amide bonds. The third-order valence-corrected chi connectivity index (χ3v) is 5.37. The summed E-state index contributed by atoms with van der Waals surface area (Å²) in [5, 5.41) is 15.0. The van der Waals surface area contributed by atoms with E-state index in [-0.39, 0.29) is 17.1 Å². The number of fused-ring (bicyclic) bond motifs is 1. The maximum absolute atomic E-state index is 13.4. The Morgan fingerprint density at radius 3 is 2.23 bits per heavy atom. The number of pyridine rings is 1. The number of hydrogen-bond acceptors (Lipinski definition) is 5. The van der Waals surface area contributed by atoms with E-state index in [4.69, 9.17) is 9.72 Å². The van der Waals surface area contributed by atoms with E-state index in [2.05, 4.69) is 5.32 Å². The van der Waals surface area contributed by atoms with Crippen LogP contribution in [0.25, 0.3) is 22.2 Å². The fourth-order valence-corrected chi connectivity index (χ4v) is 3.76. The Hall–Kier alpha value is -5.04. The van der Waals surface area contributed by atoms with Crippen LogP contribution in [0.5, 0.6) is 11.5 Å². The number of carbonyl (C=O) groups is 1. The molecule has 1 aromatic heterocycles. The Morgan fingerprint density at radius 1 is 0.800 bits per heavy atom. The summed E-state index contributed by atoms with van der Waals surface area (Å²) in [6.07, 6.45) is 0. The lowest BCUT2D eigenvalue weighted by Gasteiger charge is -2.12. The number of carbonyl (C=O) groups excluding carboxylic acids is 1. The molecule has 5 aromatic rings. The van der Waals surface area contributed by atoms with Gasteiger partial charge in [-0.15, -0.1) is 0 Å². The predicted molar refractivity (Wildman–Crippen MR) is 135 cm³/mol. The first-order chi connectivity index (χ1) is 17.1. The van der Waals surface area contributed by atoms with Crippen molar-refractivity contribution in [3.8, 4) is 22.8 Å². The third kappa shape index (κ3) is 4.84. The quantitative estimate of drug-likeness (QED) is 0.220. The number of rotatable bonds is 6. The topological polar surface area (TPSA) is 94.4 Å². The molecule has 4 aromatic carbocycles. The van der Waals surface area contributed by atoms with Gasteiger partial charge < -0.3 is 10.1 Å². The van der Waals surface area contributed by atoms with Crippen LogP contribution in [0.3, 0.4) is 0 Å². The summed E-state index contributed by atoms with van der Waals surface area (Å²) in [5.74, 6) is 0.357. The van der Waals surface area contributed by atoms with Gasteiger partial charge in [0, 0.05) is 23.1 Å². The highest BCUT2D eigenvalue weighted by molar-refractivity contribution is 6.13. The SMILES string of the molecule is O=C(Nc1cc(Oc2ccccc2)cc([N+](=O)[O-])c1)c1cc(-c2ccccc2)nc2ccccc12. The van der Waals surface area contributed by atoms with Crippen molar-refractivity contribution in [3.63, 3.8) is 0 Å². The summed E-state index contributed by atoms with van der Waals surface area (Å²) >= 11 is 0. The Bertz CT molecular complexity index is 1540. The summed E-state index contributed by atoms with van der Waals surface area (Å²) in [5.41, 5.74) is 2.66. The maximum Gasteiger partial charge on any atom is 0.275 e. The average molecular weight is 461 g/mol. The van der Waals surface area contributed by atoms with Crippen molar-refractivity contribution in [2.24, 2.45) is 0 Å². The first-order valence-electron chi connectivity index (χ1n) is 10.9. The minimum absolute atomic E-state index is 0.196. The average Bonchev–Trinajstić information content (AvgIpc) is 2.89. The minimum Gasteiger partial charge on any atom is -0.457 e. The van der Waals surface area contributed by atoms with Gasteiger partial charge in [0.1, 0.15) is 11.5 Å². The van der Waals surface area contributed by atoms with Crippen molar-refractivity contribution in [1.82, 2.24) is 4.98 Å². The Morgan fingerprint density at radius 2 is 1.49 bits per heavy atom. The number of anilines is 1. The summed E-state index contributed by atoms with van der Waals surface area (Å²) in [6, 6.07) is 31.8. The molecule has 1 N–H and O–H groups in total. The predicted octanol–water partition coefficient (Wildman–Crippen LogP) is 6.85. The van der Waals surface area contributed by atoms with Crippen molar-refractivity contribution in [1.29, 1.82) is 0 Å². The Kier molecular flexibility index (Phi) is 5.88. The van der Waals surface area contributed by atoms with Gasteiger partial charge in [-0.3, -0.25) is 14.9 Å². The second-order valence-corrected chi connectivity index (χ2v) is 7.78. The largest absolute Gasteiger partial charge is 0.457 e. The third-order valence-electron chi connectivity index (χ3n) is 5.37. The van der Waals surface area contributed by atoms with Gasteiger partial charge in [0.05, 0.1) is 33.5 Å². The number of nitro benzene ring substituents is 1. The molecule has 1 heterocycles. The van der Waals surface area contributed by atoms with E-state index in [0.717, 1.165) is 5.56 Å². The van der Waals surface area contributed by atoms with Gasteiger partial charge in [-0.05, 0) is 24.3 Å². The zero-order chi connectivity index (χ0) is 24.2. The smallest absolute Gasteiger partial charge is 0.275 e. The molecule has 0 atom stereocenters. The van der Waals surface area contributed by atoms with Crippen LogP contribution in [0.2, 0.25) is 0 Å². The zero-order valence-corrected chi connectivity index (χ0v) is 18.4. The molecular formula is C28H19N3O4. The maximum atomic E-state index is 13.4. The van der Waals surface area contributed by atoms with Crippen LogP contribution in [0, 0.1) is 10.1 Å². The second kappa shape index (κ2) is 9.44. The van der Waals surface area contributed by atoms with Crippen molar-refractivity contribution in [3.05, 3.63) is 125 Å². The fourth-order valence-electron chi connectivity index (χ4n) is 3.76. The van der Waals surface area contributed by atoms with Crippen LogP contribution >= 0.6 is 0 Å². The molecule has 0 aliphatic heterocycles. The molecule has 7 heteroatoms. The van der Waals surface area contributed by atoms with Crippen LogP contribution in [0.4, 0.5) is 11.4 Å². The van der Waals surface area contributed by atoms with Crippen LogP contribution < -0.4 is 10.1 Å². The highest BCUT2D eigenvalue weighted by Gasteiger charge is 2.17. The van der Waals surface area contributed by atoms with Gasteiger partial charge in [0.15, 0.2) is 0 Å². The zero-order valence-electron chi connectivity index (χ0n) is 18.4. The molecule has 0 saturated heterocycles. The number of nitrogens with one attached hydrogen (secondary N) is 1. The fraction of sp³-hybridized carbons (Fsp3) is 0. The van der Waals surface area contributed by atoms with Crippen molar-refractivity contribution in [2.45, 2.75) is 0 Å². The normalized spacial score (nSPS) is 10.6. The molecule has 0 spiro atoms. The molecule has 0 aliphatic rings. The van der Waals surface area contributed by atoms with Crippen LogP contribution in [0.15, 0.2) is 109 Å². The lowest BCUT2D eigenvalue weighted by atomic mass is 10.0. The number of benzene rings is 4. The Balaban J connectivity index is 1.53. The molecule has 0 fully saturated rings. The lowest BCUT2D eigenvalue weighted by molar-refractivity contribution is -0.384. The highest BCUT2D eigenvalue weighted by atomic mass is 16.6. The molecule has 0 bridgehead atoms. The van der Waals surface area contributed by atoms with Crippen LogP contribution in [0.1, 0.15) is 10.4 Å². The number of aromatic nitrogens is 1. The van der Waals surface area contributed by atoms with E-state index in [1.165, 1.54) is 12.1 Å². The van der Waals surface area contributed by atoms with Crippen molar-refractivity contribution >= 4 is 28.2 Å². The Labute approximate surface area is 200 Å². The van der Waals surface area contributed by atoms with E-state index in [1.54, 1.807) is 36.4 Å². The van der Waals surface area contributed by atoms with E-state index < -0.39 is 10.8 Å². The summed E-state index contributed by atoms with van der Waals surface area (Å²) in [7, 11) is 0. The molecule has 0 unspecified atom stereocenters. The molecule has 0 aliphatic carbocycles. The van der Waals surface area contributed by atoms with Gasteiger partial charge in [-0.1, -0.05) is 66.7 Å². The van der Waals surface area contributed by atoms with Gasteiger partial charge in [-0.25, -0.2) is 4.98 Å². The lowest BCUT2D eigenvalue weighted by Crippen LogP contribution is -2.13. The number of ether oxygens (including phenoxy) is 1. The van der Waals surface area contributed by atoms with Gasteiger partial charge in [-0.2, -0.15) is 0 Å². The number of nitro groups is 1. The van der Waals surface area contributed by atoms with Gasteiger partial charge in [0.2, 0.25) is 0 Å². The van der Waals surface area contributed by atoms with Crippen molar-refractivity contribution < 1.29 is 14.5 Å². The molecule has 5 rings (SSSR count). The van der Waals surface area contributed by atoms with E-state index in [1.807, 2.05) is 60.7 Å². The number of amides is 1. The second-order valence-electron chi connectivity index (χ2n) is 7.78. The summed E-state index contributed by atoms with van der Waals surface area (Å²) in [6.45, 7) is 0. The van der Waals surface area contributed by atoms with Gasteiger partial charge in [0.25, 0.3) is 11.6 Å².